The van der Waals surface area contributed by atoms with Crippen LogP contribution in [0.1, 0.15) is 12.5 Å². The summed E-state index contributed by atoms with van der Waals surface area (Å²) >= 11 is 0. The molecule has 0 bridgehead atoms. The van der Waals surface area contributed by atoms with Gasteiger partial charge >= 0.3 is 0 Å². The average Bonchev–Trinajstić information content (AvgIpc) is 2.45. The van der Waals surface area contributed by atoms with Crippen LogP contribution >= 0.6 is 0 Å². The van der Waals surface area contributed by atoms with E-state index in [0.29, 0.717) is 0 Å². The first-order valence-electron chi connectivity index (χ1n) is 4.51. The predicted molar refractivity (Wildman–Crippen MR) is 53.0 cm³/mol. The van der Waals surface area contributed by atoms with Crippen LogP contribution in [0.15, 0.2) is 24.3 Å². The maximum Gasteiger partial charge on any atom is 0.152 e. The van der Waals surface area contributed by atoms with Crippen LogP contribution in [-0.4, -0.2) is 18.9 Å². The van der Waals surface area contributed by atoms with Crippen molar-refractivity contribution in [2.75, 3.05) is 11.9 Å². The van der Waals surface area contributed by atoms with Crippen LogP contribution in [-0.2, 0) is 11.2 Å². The minimum atomic E-state index is 0.0531. The molecule has 0 saturated heterocycles. The molecule has 0 N–H and O–H groups in total. The Morgan fingerprint density at radius 1 is 1.46 bits per heavy atom. The molecule has 1 heterocycles. The van der Waals surface area contributed by atoms with Crippen LogP contribution < -0.4 is 4.90 Å². The molecule has 0 amide bonds. The van der Waals surface area contributed by atoms with E-state index in [1.54, 1.807) is 6.92 Å². The number of carbonyl (C=O) groups excluding carboxylic acids is 1. The first-order chi connectivity index (χ1) is 6.20. The molecule has 1 aliphatic rings. The Labute approximate surface area is 78.2 Å². The van der Waals surface area contributed by atoms with E-state index in [-0.39, 0.29) is 11.8 Å². The molecule has 0 aliphatic carbocycles. The average molecular weight is 175 g/mol. The van der Waals surface area contributed by atoms with Crippen LogP contribution in [0.5, 0.6) is 0 Å². The molecule has 1 unspecified atom stereocenters. The highest BCUT2D eigenvalue weighted by Gasteiger charge is 2.28. The molecule has 1 aromatic carbocycles. The third kappa shape index (κ3) is 1.22. The van der Waals surface area contributed by atoms with E-state index in [4.69, 9.17) is 0 Å². The molecular weight excluding hydrogens is 162 g/mol. The molecule has 0 saturated carbocycles. The number of nitrogens with zero attached hydrogens (tertiary/aromatic N) is 1. The second-order valence-electron chi connectivity index (χ2n) is 3.57. The molecule has 1 atom stereocenters. The SMILES string of the molecule is CC(=O)C1Cc2ccccc2N1C. The summed E-state index contributed by atoms with van der Waals surface area (Å²) in [4.78, 5) is 13.4. The summed E-state index contributed by atoms with van der Waals surface area (Å²) in [6.45, 7) is 1.66. The van der Waals surface area contributed by atoms with Gasteiger partial charge in [-0.25, -0.2) is 0 Å². The van der Waals surface area contributed by atoms with Crippen LogP contribution in [0, 0.1) is 0 Å². The van der Waals surface area contributed by atoms with Gasteiger partial charge in [0, 0.05) is 19.2 Å². The molecule has 68 valence electrons. The molecule has 0 radical (unpaired) electrons. The standard InChI is InChI=1S/C11H13NO/c1-8(13)11-7-9-5-3-4-6-10(9)12(11)2/h3-6,11H,7H2,1-2H3. The van der Waals surface area contributed by atoms with Crippen LogP contribution in [0.3, 0.4) is 0 Å². The molecule has 1 aromatic rings. The Kier molecular flexibility index (Phi) is 1.83. The van der Waals surface area contributed by atoms with Crippen molar-refractivity contribution in [1.82, 2.24) is 0 Å². The number of carbonyl (C=O) groups is 1. The van der Waals surface area contributed by atoms with Gasteiger partial charge in [-0.05, 0) is 18.6 Å². The summed E-state index contributed by atoms with van der Waals surface area (Å²) in [5.41, 5.74) is 2.48. The van der Waals surface area contributed by atoms with Gasteiger partial charge in [-0.1, -0.05) is 18.2 Å². The summed E-state index contributed by atoms with van der Waals surface area (Å²) in [7, 11) is 1.98. The third-order valence-electron chi connectivity index (χ3n) is 2.72. The lowest BCUT2D eigenvalue weighted by Crippen LogP contribution is -2.33. The Morgan fingerprint density at radius 3 is 2.77 bits per heavy atom. The molecule has 13 heavy (non-hydrogen) atoms. The molecule has 0 fully saturated rings. The highest BCUT2D eigenvalue weighted by atomic mass is 16.1. The van der Waals surface area contributed by atoms with Gasteiger partial charge in [-0.3, -0.25) is 4.79 Å². The van der Waals surface area contributed by atoms with E-state index in [9.17, 15) is 4.79 Å². The van der Waals surface area contributed by atoms with Crippen molar-refractivity contribution in [3.8, 4) is 0 Å². The highest BCUT2D eigenvalue weighted by Crippen LogP contribution is 2.30. The second-order valence-corrected chi connectivity index (χ2v) is 3.57. The van der Waals surface area contributed by atoms with Crippen molar-refractivity contribution in [3.63, 3.8) is 0 Å². The summed E-state index contributed by atoms with van der Waals surface area (Å²) < 4.78 is 0. The summed E-state index contributed by atoms with van der Waals surface area (Å²) in [5.74, 6) is 0.249. The Balaban J connectivity index is 2.38. The molecule has 0 aromatic heterocycles. The van der Waals surface area contributed by atoms with Gasteiger partial charge in [-0.15, -0.1) is 0 Å². The van der Waals surface area contributed by atoms with Crippen LogP contribution in [0.2, 0.25) is 0 Å². The van der Waals surface area contributed by atoms with Gasteiger partial charge in [0.25, 0.3) is 0 Å². The van der Waals surface area contributed by atoms with Crippen molar-refractivity contribution >= 4 is 11.5 Å². The van der Waals surface area contributed by atoms with Crippen molar-refractivity contribution in [2.24, 2.45) is 0 Å². The molecular formula is C11H13NO. The zero-order valence-corrected chi connectivity index (χ0v) is 7.95. The zero-order valence-electron chi connectivity index (χ0n) is 7.95. The Bertz CT molecular complexity index is 346. The number of likely N-dealkylation sites (N-methyl/N-ethyl adjacent to an activating group) is 1. The van der Waals surface area contributed by atoms with Crippen molar-refractivity contribution in [2.45, 2.75) is 19.4 Å². The fourth-order valence-electron chi connectivity index (χ4n) is 1.96. The Hall–Kier alpha value is -1.31. The lowest BCUT2D eigenvalue weighted by molar-refractivity contribution is -0.118. The van der Waals surface area contributed by atoms with Crippen molar-refractivity contribution in [3.05, 3.63) is 29.8 Å². The number of Topliss-reactive ketones (excluding diaryl/α,β-unsaturated/α-hetero) is 1. The van der Waals surface area contributed by atoms with Gasteiger partial charge in [0.2, 0.25) is 0 Å². The smallest absolute Gasteiger partial charge is 0.152 e. The molecule has 0 spiro atoms. The summed E-state index contributed by atoms with van der Waals surface area (Å²) in [5, 5.41) is 0. The normalized spacial score (nSPS) is 20.2. The van der Waals surface area contributed by atoms with E-state index < -0.39 is 0 Å². The van der Waals surface area contributed by atoms with Crippen LogP contribution in [0.25, 0.3) is 0 Å². The van der Waals surface area contributed by atoms with Crippen molar-refractivity contribution < 1.29 is 4.79 Å². The number of ketones is 1. The van der Waals surface area contributed by atoms with E-state index >= 15 is 0 Å². The second kappa shape index (κ2) is 2.87. The van der Waals surface area contributed by atoms with E-state index in [0.717, 1.165) is 6.42 Å². The highest BCUT2D eigenvalue weighted by molar-refractivity contribution is 5.87. The Morgan fingerprint density at radius 2 is 2.15 bits per heavy atom. The van der Waals surface area contributed by atoms with Gasteiger partial charge in [0.05, 0.1) is 6.04 Å². The molecule has 2 rings (SSSR count). The zero-order chi connectivity index (χ0) is 9.42. The number of anilines is 1. The van der Waals surface area contributed by atoms with Gasteiger partial charge < -0.3 is 4.90 Å². The van der Waals surface area contributed by atoms with Gasteiger partial charge in [0.15, 0.2) is 5.78 Å². The first-order valence-corrected chi connectivity index (χ1v) is 4.51. The number of benzene rings is 1. The largest absolute Gasteiger partial charge is 0.364 e. The summed E-state index contributed by atoms with van der Waals surface area (Å²) in [6, 6.07) is 8.25. The van der Waals surface area contributed by atoms with Gasteiger partial charge in [0.1, 0.15) is 0 Å². The number of rotatable bonds is 1. The quantitative estimate of drug-likeness (QED) is 0.646. The fourth-order valence-corrected chi connectivity index (χ4v) is 1.96. The lowest BCUT2D eigenvalue weighted by atomic mass is 10.1. The number of fused-ring (bicyclic) bond motifs is 1. The third-order valence-corrected chi connectivity index (χ3v) is 2.72. The number of hydrogen-bond acceptors (Lipinski definition) is 2. The van der Waals surface area contributed by atoms with Crippen molar-refractivity contribution in [1.29, 1.82) is 0 Å². The molecule has 2 heteroatoms. The maximum absolute atomic E-state index is 11.3. The minimum Gasteiger partial charge on any atom is -0.364 e. The molecule has 1 aliphatic heterocycles. The minimum absolute atomic E-state index is 0.0531. The van der Waals surface area contributed by atoms with E-state index in [1.807, 2.05) is 19.2 Å². The molecule has 2 nitrogen and oxygen atoms in total. The van der Waals surface area contributed by atoms with Crippen LogP contribution in [0.4, 0.5) is 5.69 Å². The fraction of sp³-hybridized carbons (Fsp3) is 0.364. The number of para-hydroxylation sites is 1. The topological polar surface area (TPSA) is 20.3 Å². The monoisotopic (exact) mass is 175 g/mol. The number of hydrogen-bond donors (Lipinski definition) is 0. The predicted octanol–water partition coefficient (Wildman–Crippen LogP) is 1.64. The van der Waals surface area contributed by atoms with E-state index in [1.165, 1.54) is 11.3 Å². The van der Waals surface area contributed by atoms with Gasteiger partial charge in [-0.2, -0.15) is 0 Å². The summed E-state index contributed by atoms with van der Waals surface area (Å²) in [6.07, 6.45) is 0.863. The first kappa shape index (κ1) is 8.30. The lowest BCUT2D eigenvalue weighted by Gasteiger charge is -2.19. The maximum atomic E-state index is 11.3. The van der Waals surface area contributed by atoms with E-state index in [2.05, 4.69) is 17.0 Å².